The van der Waals surface area contributed by atoms with Crippen LogP contribution in [0, 0.1) is 11.3 Å². The first-order valence-electron chi connectivity index (χ1n) is 5.67. The highest BCUT2D eigenvalue weighted by Gasteiger charge is 2.28. The van der Waals surface area contributed by atoms with Crippen molar-refractivity contribution in [3.63, 3.8) is 0 Å². The van der Waals surface area contributed by atoms with Gasteiger partial charge in [0.15, 0.2) is 0 Å². The topological polar surface area (TPSA) is 36.3 Å². The van der Waals surface area contributed by atoms with E-state index >= 15 is 0 Å². The molecule has 1 heterocycles. The highest BCUT2D eigenvalue weighted by molar-refractivity contribution is 9.10. The summed E-state index contributed by atoms with van der Waals surface area (Å²) in [5.41, 5.74) is 1.77. The molecule has 1 aliphatic heterocycles. The van der Waals surface area contributed by atoms with Gasteiger partial charge in [0, 0.05) is 23.8 Å². The van der Waals surface area contributed by atoms with Gasteiger partial charge < -0.3 is 9.64 Å². The van der Waals surface area contributed by atoms with Gasteiger partial charge in [0.2, 0.25) is 0 Å². The molecule has 2 rings (SSSR count). The summed E-state index contributed by atoms with van der Waals surface area (Å²) in [5, 5.41) is 8.89. The van der Waals surface area contributed by atoms with Crippen LogP contribution in [-0.4, -0.2) is 25.8 Å². The molecule has 2 atom stereocenters. The van der Waals surface area contributed by atoms with Crippen LogP contribution >= 0.6 is 15.9 Å². The minimum absolute atomic E-state index is 0.259. The Bertz CT molecular complexity index is 455. The third kappa shape index (κ3) is 2.46. The molecule has 0 N–H and O–H groups in total. The zero-order chi connectivity index (χ0) is 12.4. The summed E-state index contributed by atoms with van der Waals surface area (Å²) in [5.74, 6) is 0. The van der Waals surface area contributed by atoms with E-state index in [4.69, 9.17) is 10.00 Å². The fourth-order valence-electron chi connectivity index (χ4n) is 2.23. The number of likely N-dealkylation sites (N-methyl/N-ethyl adjacent to an activating group) is 1. The Morgan fingerprint density at radius 1 is 1.53 bits per heavy atom. The van der Waals surface area contributed by atoms with E-state index in [1.165, 1.54) is 0 Å². The molecule has 1 aromatic carbocycles. The van der Waals surface area contributed by atoms with E-state index in [0.717, 1.165) is 23.2 Å². The van der Waals surface area contributed by atoms with Gasteiger partial charge in [-0.3, -0.25) is 0 Å². The maximum atomic E-state index is 8.89. The maximum Gasteiger partial charge on any atom is 0.100 e. The van der Waals surface area contributed by atoms with Gasteiger partial charge in [-0.05, 0) is 47.5 Å². The standard InChI is InChI=1S/C13H15BrN2O/c1-9-13(5-6-17-9)16(2)11-4-3-10(8-15)12(14)7-11/h3-4,7,9,13H,5-6H2,1-2H3. The number of anilines is 1. The molecule has 0 bridgehead atoms. The van der Waals surface area contributed by atoms with E-state index in [-0.39, 0.29) is 6.10 Å². The second kappa shape index (κ2) is 5.07. The zero-order valence-corrected chi connectivity index (χ0v) is 11.6. The largest absolute Gasteiger partial charge is 0.376 e. The van der Waals surface area contributed by atoms with Crippen LogP contribution in [0.15, 0.2) is 22.7 Å². The van der Waals surface area contributed by atoms with Crippen molar-refractivity contribution in [2.75, 3.05) is 18.6 Å². The Kier molecular flexibility index (Phi) is 3.70. The van der Waals surface area contributed by atoms with Crippen LogP contribution in [0.5, 0.6) is 0 Å². The summed E-state index contributed by atoms with van der Waals surface area (Å²) < 4.78 is 6.42. The molecule has 1 aromatic rings. The molecule has 3 nitrogen and oxygen atoms in total. The lowest BCUT2D eigenvalue weighted by atomic mass is 10.1. The van der Waals surface area contributed by atoms with Crippen LogP contribution in [0.2, 0.25) is 0 Å². The van der Waals surface area contributed by atoms with Gasteiger partial charge in [0.05, 0.1) is 17.7 Å². The molecular formula is C13H15BrN2O. The Morgan fingerprint density at radius 2 is 2.29 bits per heavy atom. The van der Waals surface area contributed by atoms with E-state index in [9.17, 15) is 0 Å². The quantitative estimate of drug-likeness (QED) is 0.841. The number of hydrogen-bond donors (Lipinski definition) is 0. The molecule has 90 valence electrons. The van der Waals surface area contributed by atoms with Crippen LogP contribution in [-0.2, 0) is 4.74 Å². The first-order chi connectivity index (χ1) is 8.13. The Balaban J connectivity index is 2.22. The molecule has 1 fully saturated rings. The smallest absolute Gasteiger partial charge is 0.100 e. The minimum atomic E-state index is 0.259. The Hall–Kier alpha value is -1.05. The number of hydrogen-bond acceptors (Lipinski definition) is 3. The van der Waals surface area contributed by atoms with Crippen LogP contribution in [0.25, 0.3) is 0 Å². The SMILES string of the molecule is CC1OCCC1N(C)c1ccc(C#N)c(Br)c1. The molecule has 4 heteroatoms. The molecule has 0 amide bonds. The molecule has 17 heavy (non-hydrogen) atoms. The number of nitrogens with zero attached hydrogens (tertiary/aromatic N) is 2. The summed E-state index contributed by atoms with van der Waals surface area (Å²) in [6, 6.07) is 8.38. The van der Waals surface area contributed by atoms with Crippen LogP contribution < -0.4 is 4.90 Å². The summed E-state index contributed by atoms with van der Waals surface area (Å²) in [4.78, 5) is 2.23. The third-order valence-electron chi connectivity index (χ3n) is 3.31. The Morgan fingerprint density at radius 3 is 2.82 bits per heavy atom. The average molecular weight is 295 g/mol. The van der Waals surface area contributed by atoms with Crippen LogP contribution in [0.4, 0.5) is 5.69 Å². The molecule has 1 aliphatic rings. The number of benzene rings is 1. The molecule has 0 spiro atoms. The molecular weight excluding hydrogens is 280 g/mol. The van der Waals surface area contributed by atoms with E-state index < -0.39 is 0 Å². The fraction of sp³-hybridized carbons (Fsp3) is 0.462. The van der Waals surface area contributed by atoms with Crippen molar-refractivity contribution in [1.29, 1.82) is 5.26 Å². The van der Waals surface area contributed by atoms with Crippen molar-refractivity contribution in [3.8, 4) is 6.07 Å². The van der Waals surface area contributed by atoms with Crippen molar-refractivity contribution in [2.24, 2.45) is 0 Å². The van der Waals surface area contributed by atoms with E-state index in [0.29, 0.717) is 11.6 Å². The normalized spacial score (nSPS) is 23.4. The monoisotopic (exact) mass is 294 g/mol. The van der Waals surface area contributed by atoms with E-state index in [1.807, 2.05) is 18.2 Å². The maximum absolute atomic E-state index is 8.89. The van der Waals surface area contributed by atoms with Gasteiger partial charge in [0.25, 0.3) is 0 Å². The van der Waals surface area contributed by atoms with Gasteiger partial charge in [-0.25, -0.2) is 0 Å². The Labute approximate surface area is 110 Å². The van der Waals surface area contributed by atoms with Gasteiger partial charge in [-0.15, -0.1) is 0 Å². The van der Waals surface area contributed by atoms with Gasteiger partial charge >= 0.3 is 0 Å². The molecule has 2 unspecified atom stereocenters. The molecule has 0 aromatic heterocycles. The lowest BCUT2D eigenvalue weighted by molar-refractivity contribution is 0.118. The minimum Gasteiger partial charge on any atom is -0.376 e. The highest BCUT2D eigenvalue weighted by atomic mass is 79.9. The third-order valence-corrected chi connectivity index (χ3v) is 3.97. The lowest BCUT2D eigenvalue weighted by Crippen LogP contribution is -2.36. The molecule has 1 saturated heterocycles. The van der Waals surface area contributed by atoms with Gasteiger partial charge in [0.1, 0.15) is 6.07 Å². The summed E-state index contributed by atoms with van der Waals surface area (Å²) in [6.07, 6.45) is 1.31. The summed E-state index contributed by atoms with van der Waals surface area (Å²) >= 11 is 3.42. The summed E-state index contributed by atoms with van der Waals surface area (Å²) in [7, 11) is 2.07. The molecule has 0 aliphatic carbocycles. The highest BCUT2D eigenvalue weighted by Crippen LogP contribution is 2.28. The van der Waals surface area contributed by atoms with Crippen molar-refractivity contribution in [1.82, 2.24) is 0 Å². The van der Waals surface area contributed by atoms with Gasteiger partial charge in [-0.1, -0.05) is 0 Å². The van der Waals surface area contributed by atoms with E-state index in [1.54, 1.807) is 0 Å². The van der Waals surface area contributed by atoms with Gasteiger partial charge in [-0.2, -0.15) is 5.26 Å². The summed E-state index contributed by atoms with van der Waals surface area (Å²) in [6.45, 7) is 2.93. The predicted octanol–water partition coefficient (Wildman–Crippen LogP) is 2.93. The van der Waals surface area contributed by atoms with E-state index in [2.05, 4.69) is 40.9 Å². The predicted molar refractivity (Wildman–Crippen MR) is 71.1 cm³/mol. The zero-order valence-electron chi connectivity index (χ0n) is 9.98. The number of nitriles is 1. The first-order valence-corrected chi connectivity index (χ1v) is 6.47. The van der Waals surface area contributed by atoms with Crippen LogP contribution in [0.3, 0.4) is 0 Å². The average Bonchev–Trinajstić information content (AvgIpc) is 2.74. The number of ether oxygens (including phenoxy) is 1. The van der Waals surface area contributed by atoms with Crippen molar-refractivity contribution in [3.05, 3.63) is 28.2 Å². The number of halogens is 1. The first kappa shape index (κ1) is 12.4. The van der Waals surface area contributed by atoms with Crippen molar-refractivity contribution < 1.29 is 4.74 Å². The fourth-order valence-corrected chi connectivity index (χ4v) is 2.69. The van der Waals surface area contributed by atoms with Crippen molar-refractivity contribution in [2.45, 2.75) is 25.5 Å². The molecule has 0 radical (unpaired) electrons. The van der Waals surface area contributed by atoms with Crippen LogP contribution in [0.1, 0.15) is 18.9 Å². The lowest BCUT2D eigenvalue weighted by Gasteiger charge is -2.29. The van der Waals surface area contributed by atoms with Crippen molar-refractivity contribution >= 4 is 21.6 Å². The molecule has 0 saturated carbocycles. The number of rotatable bonds is 2. The second-order valence-electron chi connectivity index (χ2n) is 4.32. The second-order valence-corrected chi connectivity index (χ2v) is 5.17.